The molecule has 12 nitrogen and oxygen atoms in total. The summed E-state index contributed by atoms with van der Waals surface area (Å²) < 4.78 is 20.5. The van der Waals surface area contributed by atoms with E-state index in [0.717, 1.165) is 6.07 Å². The first-order valence-corrected chi connectivity index (χ1v) is 9.63. The third-order valence-corrected chi connectivity index (χ3v) is 4.59. The highest BCUT2D eigenvalue weighted by molar-refractivity contribution is 6.32. The maximum Gasteiger partial charge on any atom is 0.325 e. The first-order chi connectivity index (χ1) is 15.8. The lowest BCUT2D eigenvalue weighted by Crippen LogP contribution is -2.30. The molecule has 172 valence electrons. The topological polar surface area (TPSA) is 156 Å². The van der Waals surface area contributed by atoms with Crippen molar-refractivity contribution in [2.75, 3.05) is 20.8 Å². The maximum atomic E-state index is 12.1. The number of nitrogens with one attached hydrogen (secondary N) is 1. The van der Waals surface area contributed by atoms with Crippen LogP contribution in [-0.2, 0) is 16.1 Å². The molecule has 1 N–H and O–H groups in total. The lowest BCUT2D eigenvalue weighted by atomic mass is 10.2. The molecule has 0 radical (unpaired) electrons. The van der Waals surface area contributed by atoms with Crippen LogP contribution in [0.5, 0.6) is 11.5 Å². The molecule has 1 heterocycles. The first-order valence-electron chi connectivity index (χ1n) is 9.25. The van der Waals surface area contributed by atoms with E-state index in [1.165, 1.54) is 26.4 Å². The molecule has 33 heavy (non-hydrogen) atoms. The van der Waals surface area contributed by atoms with Crippen molar-refractivity contribution in [3.05, 3.63) is 63.0 Å². The molecule has 0 unspecified atom stereocenters. The molecule has 13 heteroatoms. The number of halogens is 1. The van der Waals surface area contributed by atoms with Crippen molar-refractivity contribution < 1.29 is 33.2 Å². The fraction of sp³-hybridized carbons (Fsp3) is 0.200. The van der Waals surface area contributed by atoms with Gasteiger partial charge in [-0.25, -0.2) is 0 Å². The number of methoxy groups -OCH3 is 2. The minimum Gasteiger partial charge on any atom is -0.497 e. The summed E-state index contributed by atoms with van der Waals surface area (Å²) in [4.78, 5) is 38.4. The fourth-order valence-electron chi connectivity index (χ4n) is 2.65. The second kappa shape index (κ2) is 10.4. The van der Waals surface area contributed by atoms with Crippen molar-refractivity contribution in [1.29, 1.82) is 0 Å². The van der Waals surface area contributed by atoms with Gasteiger partial charge in [0.2, 0.25) is 5.82 Å². The number of amides is 1. The number of nitro benzene ring substituents is 1. The summed E-state index contributed by atoms with van der Waals surface area (Å²) in [6.45, 7) is -0.810. The summed E-state index contributed by atoms with van der Waals surface area (Å²) in [5.74, 6) is -0.201. The van der Waals surface area contributed by atoms with Gasteiger partial charge in [0.25, 0.3) is 17.5 Å². The molecular formula is C20H17ClN4O8. The van der Waals surface area contributed by atoms with Gasteiger partial charge in [0.15, 0.2) is 6.61 Å². The Kier molecular flexibility index (Phi) is 7.41. The molecule has 0 saturated carbocycles. The van der Waals surface area contributed by atoms with E-state index in [1.807, 2.05) is 0 Å². The molecule has 0 bridgehead atoms. The molecule has 3 aromatic rings. The third kappa shape index (κ3) is 5.74. The van der Waals surface area contributed by atoms with Crippen molar-refractivity contribution >= 4 is 29.2 Å². The number of hydrogen-bond donors (Lipinski definition) is 1. The average Bonchev–Trinajstić information content (AvgIpc) is 3.29. The summed E-state index contributed by atoms with van der Waals surface area (Å²) in [5, 5.41) is 17.0. The number of aromatic nitrogens is 2. The lowest BCUT2D eigenvalue weighted by molar-refractivity contribution is -0.384. The highest BCUT2D eigenvalue weighted by Gasteiger charge is 2.18. The summed E-state index contributed by atoms with van der Waals surface area (Å²) in [7, 11) is 3.01. The van der Waals surface area contributed by atoms with Gasteiger partial charge in [0.05, 0.1) is 24.7 Å². The fourth-order valence-corrected chi connectivity index (χ4v) is 2.83. The van der Waals surface area contributed by atoms with Gasteiger partial charge in [0.1, 0.15) is 23.1 Å². The van der Waals surface area contributed by atoms with E-state index >= 15 is 0 Å². The van der Waals surface area contributed by atoms with Crippen LogP contribution in [0.1, 0.15) is 16.2 Å². The summed E-state index contributed by atoms with van der Waals surface area (Å²) in [5.41, 5.74) is 0.0883. The van der Waals surface area contributed by atoms with Crippen LogP contribution in [0.15, 0.2) is 40.9 Å². The Morgan fingerprint density at radius 2 is 1.97 bits per heavy atom. The van der Waals surface area contributed by atoms with Crippen LogP contribution in [0, 0.1) is 10.1 Å². The zero-order chi connectivity index (χ0) is 24.0. The average molecular weight is 477 g/mol. The van der Waals surface area contributed by atoms with Crippen molar-refractivity contribution in [1.82, 2.24) is 15.5 Å². The largest absolute Gasteiger partial charge is 0.497 e. The standard InChI is InChI=1S/C20H17ClN4O8/c1-30-12-4-5-13(16(8-12)31-2)19-23-17(33-24-19)10-32-18(26)9-22-20(27)11-3-6-14(21)15(7-11)25(28)29/h3-8H,9-10H2,1-2H3,(H,22,27). The number of hydrogen-bond acceptors (Lipinski definition) is 10. The highest BCUT2D eigenvalue weighted by atomic mass is 35.5. The van der Waals surface area contributed by atoms with Crippen molar-refractivity contribution in [2.45, 2.75) is 6.61 Å². The Morgan fingerprint density at radius 1 is 1.18 bits per heavy atom. The Bertz CT molecular complexity index is 1200. The summed E-state index contributed by atoms with van der Waals surface area (Å²) >= 11 is 5.71. The Hall–Kier alpha value is -4.19. The van der Waals surface area contributed by atoms with Crippen LogP contribution in [0.3, 0.4) is 0 Å². The van der Waals surface area contributed by atoms with Gasteiger partial charge in [-0.3, -0.25) is 19.7 Å². The minimum atomic E-state index is -0.784. The van der Waals surface area contributed by atoms with E-state index in [2.05, 4.69) is 15.5 Å². The van der Waals surface area contributed by atoms with Crippen LogP contribution < -0.4 is 14.8 Å². The number of carbonyl (C=O) groups is 2. The first kappa shape index (κ1) is 23.5. The molecule has 0 atom stereocenters. The number of nitro groups is 1. The van der Waals surface area contributed by atoms with Crippen LogP contribution in [-0.4, -0.2) is 47.7 Å². The number of nitrogens with zero attached hydrogens (tertiary/aromatic N) is 3. The molecular weight excluding hydrogens is 460 g/mol. The van der Waals surface area contributed by atoms with Gasteiger partial charge in [0, 0.05) is 17.7 Å². The van der Waals surface area contributed by atoms with Gasteiger partial charge >= 0.3 is 5.97 Å². The molecule has 0 fully saturated rings. The summed E-state index contributed by atoms with van der Waals surface area (Å²) in [6, 6.07) is 8.57. The minimum absolute atomic E-state index is 0.0240. The normalized spacial score (nSPS) is 10.4. The Morgan fingerprint density at radius 3 is 2.67 bits per heavy atom. The van der Waals surface area contributed by atoms with Crippen LogP contribution in [0.2, 0.25) is 5.02 Å². The number of carbonyl (C=O) groups excluding carboxylic acids is 2. The number of ether oxygens (including phenoxy) is 3. The quantitative estimate of drug-likeness (QED) is 0.276. The molecule has 0 aliphatic carbocycles. The highest BCUT2D eigenvalue weighted by Crippen LogP contribution is 2.31. The molecule has 0 aliphatic rings. The van der Waals surface area contributed by atoms with Crippen LogP contribution in [0.25, 0.3) is 11.4 Å². The zero-order valence-electron chi connectivity index (χ0n) is 17.4. The van der Waals surface area contributed by atoms with E-state index in [9.17, 15) is 19.7 Å². The Balaban J connectivity index is 1.55. The molecule has 1 aromatic heterocycles. The molecule has 1 amide bonds. The van der Waals surface area contributed by atoms with Crippen molar-refractivity contribution in [3.63, 3.8) is 0 Å². The number of esters is 1. The number of benzene rings is 2. The van der Waals surface area contributed by atoms with E-state index in [-0.39, 0.29) is 28.9 Å². The van der Waals surface area contributed by atoms with Crippen molar-refractivity contribution in [3.8, 4) is 22.9 Å². The molecule has 2 aromatic carbocycles. The van der Waals surface area contributed by atoms with Crippen LogP contribution in [0.4, 0.5) is 5.69 Å². The van der Waals surface area contributed by atoms with E-state index in [0.29, 0.717) is 17.1 Å². The molecule has 0 spiro atoms. The van der Waals surface area contributed by atoms with Gasteiger partial charge in [-0.2, -0.15) is 4.98 Å². The van der Waals surface area contributed by atoms with E-state index in [4.69, 9.17) is 30.3 Å². The monoisotopic (exact) mass is 476 g/mol. The van der Waals surface area contributed by atoms with Gasteiger partial charge in [-0.1, -0.05) is 16.8 Å². The Labute approximate surface area is 191 Å². The molecule has 0 saturated heterocycles. The summed E-state index contributed by atoms with van der Waals surface area (Å²) in [6.07, 6.45) is 0. The second-order valence-electron chi connectivity index (χ2n) is 6.34. The SMILES string of the molecule is COc1ccc(-c2noc(COC(=O)CNC(=O)c3ccc(Cl)c([N+](=O)[O-])c3)n2)c(OC)c1. The van der Waals surface area contributed by atoms with Gasteiger partial charge in [-0.15, -0.1) is 0 Å². The molecule has 0 aliphatic heterocycles. The van der Waals surface area contributed by atoms with Gasteiger partial charge < -0.3 is 24.1 Å². The van der Waals surface area contributed by atoms with Gasteiger partial charge in [-0.05, 0) is 24.3 Å². The number of rotatable bonds is 9. The predicted octanol–water partition coefficient (Wildman–Crippen LogP) is 2.79. The maximum absolute atomic E-state index is 12.1. The predicted molar refractivity (Wildman–Crippen MR) is 113 cm³/mol. The zero-order valence-corrected chi connectivity index (χ0v) is 18.1. The van der Waals surface area contributed by atoms with Crippen molar-refractivity contribution in [2.24, 2.45) is 0 Å². The smallest absolute Gasteiger partial charge is 0.325 e. The van der Waals surface area contributed by atoms with Crippen LogP contribution >= 0.6 is 11.6 Å². The lowest BCUT2D eigenvalue weighted by Gasteiger charge is -2.07. The van der Waals surface area contributed by atoms with E-state index in [1.54, 1.807) is 18.2 Å². The second-order valence-corrected chi connectivity index (χ2v) is 6.75. The third-order valence-electron chi connectivity index (χ3n) is 4.27. The van der Waals surface area contributed by atoms with E-state index < -0.39 is 29.0 Å². The molecule has 3 rings (SSSR count).